The summed E-state index contributed by atoms with van der Waals surface area (Å²) in [7, 11) is 0. The number of benzene rings is 6. The molecule has 9 rings (SSSR count). The fourth-order valence-electron chi connectivity index (χ4n) is 8.49. The molecule has 1 aromatic heterocycles. The van der Waals surface area contributed by atoms with Gasteiger partial charge in [0.2, 0.25) is 0 Å². The summed E-state index contributed by atoms with van der Waals surface area (Å²) in [6.07, 6.45) is 13.0. The number of fused-ring (bicyclic) bond motifs is 8. The summed E-state index contributed by atoms with van der Waals surface area (Å²) < 4.78 is 2.35. The van der Waals surface area contributed by atoms with Crippen LogP contribution in [0.5, 0.6) is 0 Å². The molecular formula is C50H39N5. The third-order valence-electron chi connectivity index (χ3n) is 11.1. The van der Waals surface area contributed by atoms with E-state index in [2.05, 4.69) is 169 Å². The highest BCUT2D eigenvalue weighted by Crippen LogP contribution is 2.48. The second kappa shape index (κ2) is 14.0. The number of nitrogens with zero attached hydrogens (tertiary/aromatic N) is 5. The molecule has 2 aliphatic rings. The van der Waals surface area contributed by atoms with Gasteiger partial charge in [0.25, 0.3) is 0 Å². The van der Waals surface area contributed by atoms with Crippen molar-refractivity contribution in [3.63, 3.8) is 0 Å². The molecule has 2 atom stereocenters. The van der Waals surface area contributed by atoms with E-state index < -0.39 is 0 Å². The standard InChI is InChI=1S/C50H39N5/c1-34-17-22-38(23-18-34)54(39-24-19-35(2)20-25-39)45(29-30-51)37(33-52)11-9-31-53-46-28-26-40(32-44(46)50-41-12-4-3-10-36(41)21-27-49(50)53)55-47-15-7-5-13-42(47)43-14-6-8-16-48(43)55/h3-28,32,42,47H,29,31H2,1-2H3/b11-9-,45-37-. The third kappa shape index (κ3) is 5.88. The van der Waals surface area contributed by atoms with Gasteiger partial charge in [0.1, 0.15) is 6.07 Å². The second-order valence-electron chi connectivity index (χ2n) is 14.4. The first-order valence-corrected chi connectivity index (χ1v) is 18.8. The molecule has 2 heterocycles. The van der Waals surface area contributed by atoms with Crippen LogP contribution in [0.3, 0.4) is 0 Å². The van der Waals surface area contributed by atoms with Crippen LogP contribution < -0.4 is 9.80 Å². The maximum absolute atomic E-state index is 10.6. The number of hydrogen-bond acceptors (Lipinski definition) is 4. The van der Waals surface area contributed by atoms with Gasteiger partial charge in [-0.05, 0) is 90.9 Å². The molecule has 6 aromatic carbocycles. The first-order chi connectivity index (χ1) is 27.0. The number of anilines is 4. The van der Waals surface area contributed by atoms with Gasteiger partial charge in [0.05, 0.1) is 35.3 Å². The van der Waals surface area contributed by atoms with E-state index >= 15 is 0 Å². The van der Waals surface area contributed by atoms with Gasteiger partial charge >= 0.3 is 0 Å². The van der Waals surface area contributed by atoms with Crippen molar-refractivity contribution in [1.82, 2.24) is 4.57 Å². The lowest BCUT2D eigenvalue weighted by atomic mass is 9.91. The van der Waals surface area contributed by atoms with Crippen molar-refractivity contribution in [2.24, 2.45) is 0 Å². The molecular weight excluding hydrogens is 671 g/mol. The Morgan fingerprint density at radius 1 is 0.727 bits per heavy atom. The summed E-state index contributed by atoms with van der Waals surface area (Å²) in [6, 6.07) is 50.1. The molecule has 0 spiro atoms. The molecule has 0 saturated carbocycles. The van der Waals surface area contributed by atoms with E-state index in [1.165, 1.54) is 32.8 Å². The van der Waals surface area contributed by atoms with Crippen LogP contribution in [0.2, 0.25) is 0 Å². The van der Waals surface area contributed by atoms with Crippen LogP contribution in [0.4, 0.5) is 22.7 Å². The third-order valence-corrected chi connectivity index (χ3v) is 11.1. The summed E-state index contributed by atoms with van der Waals surface area (Å²) in [5, 5.41) is 25.5. The molecule has 5 heteroatoms. The molecule has 264 valence electrons. The molecule has 55 heavy (non-hydrogen) atoms. The summed E-state index contributed by atoms with van der Waals surface area (Å²) in [5.74, 6) is 0.311. The van der Waals surface area contributed by atoms with Crippen LogP contribution in [0, 0.1) is 36.5 Å². The van der Waals surface area contributed by atoms with Crippen molar-refractivity contribution >= 4 is 55.3 Å². The number of rotatable bonds is 8. The SMILES string of the molecule is Cc1ccc(N(/C(CC#N)=C(C#N)/C=C\Cn2c3ccc(N4c5ccccc5C5C=CC=CC54)cc3c3c4ccccc4ccc32)c2ccc(C)cc2)cc1. The van der Waals surface area contributed by atoms with Crippen LogP contribution in [-0.4, -0.2) is 10.6 Å². The Morgan fingerprint density at radius 2 is 1.42 bits per heavy atom. The maximum Gasteiger partial charge on any atom is 0.101 e. The van der Waals surface area contributed by atoms with Crippen molar-refractivity contribution in [2.45, 2.75) is 38.8 Å². The smallest absolute Gasteiger partial charge is 0.101 e. The van der Waals surface area contributed by atoms with E-state index in [4.69, 9.17) is 0 Å². The Kier molecular flexibility index (Phi) is 8.62. The normalized spacial score (nSPS) is 16.3. The zero-order chi connectivity index (χ0) is 37.5. The molecule has 5 nitrogen and oxygen atoms in total. The summed E-state index contributed by atoms with van der Waals surface area (Å²) in [4.78, 5) is 4.53. The Morgan fingerprint density at radius 3 is 2.16 bits per heavy atom. The molecule has 0 amide bonds. The zero-order valence-corrected chi connectivity index (χ0v) is 30.9. The number of para-hydroxylation sites is 1. The lowest BCUT2D eigenvalue weighted by Crippen LogP contribution is -2.28. The van der Waals surface area contributed by atoms with Gasteiger partial charge in [-0.1, -0.05) is 114 Å². The summed E-state index contributed by atoms with van der Waals surface area (Å²) >= 11 is 0. The average molecular weight is 710 g/mol. The molecule has 0 saturated heterocycles. The highest BCUT2D eigenvalue weighted by molar-refractivity contribution is 6.21. The van der Waals surface area contributed by atoms with Crippen LogP contribution in [0.15, 0.2) is 175 Å². The topological polar surface area (TPSA) is 59.0 Å². The van der Waals surface area contributed by atoms with Gasteiger partial charge in [-0.25, -0.2) is 0 Å². The predicted molar refractivity (Wildman–Crippen MR) is 227 cm³/mol. The minimum atomic E-state index is 0.0750. The molecule has 1 aliphatic heterocycles. The fourth-order valence-corrected chi connectivity index (χ4v) is 8.49. The first kappa shape index (κ1) is 33.7. The van der Waals surface area contributed by atoms with Crippen molar-refractivity contribution in [3.8, 4) is 12.1 Å². The van der Waals surface area contributed by atoms with E-state index in [1.54, 1.807) is 0 Å². The highest BCUT2D eigenvalue weighted by atomic mass is 15.2. The van der Waals surface area contributed by atoms with Crippen molar-refractivity contribution in [3.05, 3.63) is 192 Å². The number of aryl methyl sites for hydroxylation is 2. The highest BCUT2D eigenvalue weighted by Gasteiger charge is 2.37. The maximum atomic E-state index is 10.6. The molecule has 0 fully saturated rings. The monoisotopic (exact) mass is 709 g/mol. The number of nitriles is 2. The summed E-state index contributed by atoms with van der Waals surface area (Å²) in [5.41, 5.74) is 11.2. The molecule has 1 aliphatic carbocycles. The molecule has 2 unspecified atom stereocenters. The van der Waals surface area contributed by atoms with Crippen LogP contribution in [0.1, 0.15) is 29.0 Å². The Hall–Kier alpha value is -7.08. The Bertz CT molecular complexity index is 2770. The van der Waals surface area contributed by atoms with E-state index in [0.717, 1.165) is 39.2 Å². The number of hydrogen-bond donors (Lipinski definition) is 0. The Labute approximate surface area is 321 Å². The predicted octanol–water partition coefficient (Wildman–Crippen LogP) is 12.4. The molecule has 0 radical (unpaired) electrons. The second-order valence-corrected chi connectivity index (χ2v) is 14.4. The van der Waals surface area contributed by atoms with E-state index in [1.807, 2.05) is 35.2 Å². The van der Waals surface area contributed by atoms with Gasteiger partial charge in [0.15, 0.2) is 0 Å². The van der Waals surface area contributed by atoms with Crippen LogP contribution in [-0.2, 0) is 6.54 Å². The zero-order valence-electron chi connectivity index (χ0n) is 30.9. The largest absolute Gasteiger partial charge is 0.337 e. The quantitative estimate of drug-likeness (QED) is 0.116. The van der Waals surface area contributed by atoms with Crippen molar-refractivity contribution in [2.75, 3.05) is 9.80 Å². The van der Waals surface area contributed by atoms with Crippen molar-refractivity contribution < 1.29 is 0 Å². The van der Waals surface area contributed by atoms with Gasteiger partial charge < -0.3 is 14.4 Å². The van der Waals surface area contributed by atoms with Gasteiger partial charge in [-0.3, -0.25) is 0 Å². The van der Waals surface area contributed by atoms with Gasteiger partial charge in [-0.2, -0.15) is 10.5 Å². The van der Waals surface area contributed by atoms with Crippen LogP contribution >= 0.6 is 0 Å². The number of aromatic nitrogens is 1. The minimum absolute atomic E-state index is 0.0750. The van der Waals surface area contributed by atoms with Gasteiger partial charge in [-0.15, -0.1) is 0 Å². The fraction of sp³-hybridized carbons (Fsp3) is 0.120. The van der Waals surface area contributed by atoms with Crippen LogP contribution in [0.25, 0.3) is 32.6 Å². The molecule has 0 bridgehead atoms. The Balaban J connectivity index is 1.17. The van der Waals surface area contributed by atoms with E-state index in [0.29, 0.717) is 23.7 Å². The number of allylic oxidation sites excluding steroid dienone is 6. The molecule has 7 aromatic rings. The average Bonchev–Trinajstić information content (AvgIpc) is 3.73. The lowest BCUT2D eigenvalue weighted by molar-refractivity contribution is 0.745. The van der Waals surface area contributed by atoms with Crippen molar-refractivity contribution in [1.29, 1.82) is 10.5 Å². The van der Waals surface area contributed by atoms with E-state index in [9.17, 15) is 10.5 Å². The lowest BCUT2D eigenvalue weighted by Gasteiger charge is -2.28. The summed E-state index contributed by atoms with van der Waals surface area (Å²) in [6.45, 7) is 4.66. The minimum Gasteiger partial charge on any atom is -0.337 e. The first-order valence-electron chi connectivity index (χ1n) is 18.8. The molecule has 0 N–H and O–H groups in total. The van der Waals surface area contributed by atoms with Gasteiger partial charge in [0, 0.05) is 51.5 Å². The van der Waals surface area contributed by atoms with E-state index in [-0.39, 0.29) is 12.5 Å².